The van der Waals surface area contributed by atoms with Gasteiger partial charge in [-0.2, -0.15) is 5.10 Å². The van der Waals surface area contributed by atoms with Gasteiger partial charge in [-0.1, -0.05) is 0 Å². The van der Waals surface area contributed by atoms with Gasteiger partial charge in [0, 0.05) is 41.2 Å². The molecule has 0 saturated heterocycles. The summed E-state index contributed by atoms with van der Waals surface area (Å²) in [5, 5.41) is 16.8. The molecule has 0 radical (unpaired) electrons. The maximum atomic E-state index is 13.6. The number of ketones is 1. The zero-order valence-electron chi connectivity index (χ0n) is 21.5. The molecule has 38 heavy (non-hydrogen) atoms. The minimum absolute atomic E-state index is 0.0225. The summed E-state index contributed by atoms with van der Waals surface area (Å²) in [6, 6.07) is 12.7. The van der Waals surface area contributed by atoms with Crippen LogP contribution in [0.1, 0.15) is 55.2 Å². The highest BCUT2D eigenvalue weighted by molar-refractivity contribution is 5.99. The number of rotatable bonds is 8. The van der Waals surface area contributed by atoms with Gasteiger partial charge in [-0.15, -0.1) is 0 Å². The molecule has 4 aromatic rings. The summed E-state index contributed by atoms with van der Waals surface area (Å²) in [6.45, 7) is 6.00. The molecule has 2 aromatic heterocycles. The van der Waals surface area contributed by atoms with Crippen molar-refractivity contribution in [3.63, 3.8) is 0 Å². The molecule has 196 valence electrons. The largest absolute Gasteiger partial charge is 0.489 e. The molecule has 1 aliphatic heterocycles. The fraction of sp³-hybridized carbons (Fsp3) is 0.310. The molecule has 1 amide bonds. The smallest absolute Gasteiger partial charge is 0.231 e. The minimum Gasteiger partial charge on any atom is -0.489 e. The third-order valence-electron chi connectivity index (χ3n) is 7.32. The Kier molecular flexibility index (Phi) is 6.27. The van der Waals surface area contributed by atoms with Gasteiger partial charge in [-0.05, 0) is 75.7 Å². The van der Waals surface area contributed by atoms with Gasteiger partial charge in [0.25, 0.3) is 0 Å². The van der Waals surface area contributed by atoms with Crippen molar-refractivity contribution < 1.29 is 23.8 Å². The van der Waals surface area contributed by atoms with Crippen molar-refractivity contribution in [2.75, 3.05) is 6.61 Å². The quantitative estimate of drug-likeness (QED) is 0.338. The zero-order valence-corrected chi connectivity index (χ0v) is 21.5. The molecular formula is C29H29FN4O4. The van der Waals surface area contributed by atoms with E-state index in [1.54, 1.807) is 38.1 Å². The molecule has 1 aliphatic rings. The number of nitrogens with zero attached hydrogens (tertiary/aromatic N) is 3. The molecule has 8 nitrogen and oxygen atoms in total. The highest BCUT2D eigenvalue weighted by Crippen LogP contribution is 2.46. The molecule has 0 saturated carbocycles. The van der Waals surface area contributed by atoms with Crippen molar-refractivity contribution in [3.05, 3.63) is 77.4 Å². The number of pyridine rings is 1. The van der Waals surface area contributed by atoms with Crippen LogP contribution in [-0.2, 0) is 22.4 Å². The molecule has 0 unspecified atom stereocenters. The monoisotopic (exact) mass is 516 g/mol. The van der Waals surface area contributed by atoms with E-state index in [1.807, 2.05) is 29.9 Å². The molecule has 0 aliphatic carbocycles. The van der Waals surface area contributed by atoms with Crippen LogP contribution in [0.15, 0.2) is 54.7 Å². The van der Waals surface area contributed by atoms with E-state index in [2.05, 4.69) is 10.1 Å². The summed E-state index contributed by atoms with van der Waals surface area (Å²) in [6.07, 6.45) is 2.04. The predicted octanol–water partition coefficient (Wildman–Crippen LogP) is 4.26. The summed E-state index contributed by atoms with van der Waals surface area (Å²) in [7, 11) is 0. The van der Waals surface area contributed by atoms with Crippen LogP contribution < -0.4 is 10.5 Å². The Bertz CT molecular complexity index is 1560. The molecule has 3 heterocycles. The first-order valence-electron chi connectivity index (χ1n) is 12.5. The SMILES string of the molecule is CCn1cc2cc(C(=O)CC[C@](C)(O)c3cc4c(c(-c5ccc(F)cc5)n3)OC[C@]4(C)C(N)=O)ccc2n1. The fourth-order valence-corrected chi connectivity index (χ4v) is 4.71. The average molecular weight is 517 g/mol. The highest BCUT2D eigenvalue weighted by atomic mass is 19.1. The first-order chi connectivity index (χ1) is 18.0. The molecule has 5 rings (SSSR count). The topological polar surface area (TPSA) is 120 Å². The molecule has 2 aromatic carbocycles. The maximum Gasteiger partial charge on any atom is 0.231 e. The Labute approximate surface area is 219 Å². The first kappa shape index (κ1) is 25.5. The summed E-state index contributed by atoms with van der Waals surface area (Å²) in [4.78, 5) is 30.1. The number of hydrogen-bond donors (Lipinski definition) is 2. The van der Waals surface area contributed by atoms with Gasteiger partial charge in [0.1, 0.15) is 34.9 Å². The second-order valence-electron chi connectivity index (χ2n) is 10.2. The van der Waals surface area contributed by atoms with Crippen LogP contribution in [0, 0.1) is 5.82 Å². The van der Waals surface area contributed by atoms with Crippen LogP contribution in [0.4, 0.5) is 4.39 Å². The second-order valence-corrected chi connectivity index (χ2v) is 10.2. The molecule has 3 N–H and O–H groups in total. The van der Waals surface area contributed by atoms with Crippen molar-refractivity contribution in [2.45, 2.75) is 51.2 Å². The summed E-state index contributed by atoms with van der Waals surface area (Å²) >= 11 is 0. The van der Waals surface area contributed by atoms with Gasteiger partial charge < -0.3 is 15.6 Å². The van der Waals surface area contributed by atoms with Crippen LogP contribution in [-0.4, -0.2) is 38.2 Å². The molecule has 2 atom stereocenters. The van der Waals surface area contributed by atoms with Crippen molar-refractivity contribution in [2.24, 2.45) is 5.73 Å². The third-order valence-corrected chi connectivity index (χ3v) is 7.32. The van der Waals surface area contributed by atoms with E-state index in [0.717, 1.165) is 17.4 Å². The number of aliphatic hydroxyl groups is 1. The summed E-state index contributed by atoms with van der Waals surface area (Å²) in [5.41, 5.74) is 6.12. The first-order valence-corrected chi connectivity index (χ1v) is 12.5. The standard InChI is InChI=1S/C29H29FN4O4/c1-4-34-15-19-13-18(7-10-22(19)33-34)23(35)11-12-29(3,37)24-14-21-26(38-16-28(21,2)27(31)36)25(32-24)17-5-8-20(30)9-6-17/h5-10,13-15,37H,4,11-12,16H2,1-3H3,(H2,31,36)/t28-,29-/m0/s1. The minimum atomic E-state index is -1.52. The Morgan fingerprint density at radius 1 is 1.21 bits per heavy atom. The van der Waals surface area contributed by atoms with Gasteiger partial charge in [-0.25, -0.2) is 9.37 Å². The number of amides is 1. The number of benzene rings is 2. The van der Waals surface area contributed by atoms with Crippen LogP contribution in [0.5, 0.6) is 5.75 Å². The molecule has 0 fully saturated rings. The average Bonchev–Trinajstić information content (AvgIpc) is 3.48. The lowest BCUT2D eigenvalue weighted by atomic mass is 9.81. The Hall–Kier alpha value is -4.11. The number of primary amides is 1. The Balaban J connectivity index is 1.47. The number of halogens is 1. The van der Waals surface area contributed by atoms with Crippen LogP contribution in [0.2, 0.25) is 0 Å². The van der Waals surface area contributed by atoms with Crippen LogP contribution >= 0.6 is 0 Å². The molecule has 9 heteroatoms. The summed E-state index contributed by atoms with van der Waals surface area (Å²) < 4.78 is 21.3. The number of aryl methyl sites for hydroxylation is 1. The lowest BCUT2D eigenvalue weighted by Crippen LogP contribution is -2.40. The number of carbonyl (C=O) groups is 2. The number of nitrogens with two attached hydrogens (primary N) is 1. The Morgan fingerprint density at radius 2 is 1.95 bits per heavy atom. The van der Waals surface area contributed by atoms with E-state index >= 15 is 0 Å². The van der Waals surface area contributed by atoms with Gasteiger partial charge in [-0.3, -0.25) is 14.3 Å². The van der Waals surface area contributed by atoms with Gasteiger partial charge in [0.15, 0.2) is 5.78 Å². The van der Waals surface area contributed by atoms with E-state index in [0.29, 0.717) is 28.1 Å². The normalized spacial score (nSPS) is 18.1. The molecular weight excluding hydrogens is 487 g/mol. The zero-order chi connectivity index (χ0) is 27.2. The number of aromatic nitrogens is 3. The van der Waals surface area contributed by atoms with Crippen molar-refractivity contribution in [1.29, 1.82) is 0 Å². The number of Topliss-reactive ketones (excluding diaryl/α,β-unsaturated/α-hetero) is 1. The lowest BCUT2D eigenvalue weighted by Gasteiger charge is -2.26. The molecule has 0 spiro atoms. The maximum absolute atomic E-state index is 13.6. The highest BCUT2D eigenvalue weighted by Gasteiger charge is 2.45. The van der Waals surface area contributed by atoms with E-state index < -0.39 is 22.7 Å². The number of fused-ring (bicyclic) bond motifs is 2. The summed E-state index contributed by atoms with van der Waals surface area (Å²) in [5.74, 6) is -0.735. The van der Waals surface area contributed by atoms with E-state index in [-0.39, 0.29) is 30.9 Å². The van der Waals surface area contributed by atoms with Crippen LogP contribution in [0.3, 0.4) is 0 Å². The predicted molar refractivity (Wildman–Crippen MR) is 140 cm³/mol. The van der Waals surface area contributed by atoms with Gasteiger partial charge in [0.05, 0.1) is 11.2 Å². The number of ether oxygens (including phenoxy) is 1. The van der Waals surface area contributed by atoms with E-state index in [4.69, 9.17) is 10.5 Å². The lowest BCUT2D eigenvalue weighted by molar-refractivity contribution is -0.123. The van der Waals surface area contributed by atoms with Crippen molar-refractivity contribution in [1.82, 2.24) is 14.8 Å². The van der Waals surface area contributed by atoms with Crippen molar-refractivity contribution >= 4 is 22.6 Å². The molecule has 0 bridgehead atoms. The van der Waals surface area contributed by atoms with E-state index in [9.17, 15) is 19.1 Å². The van der Waals surface area contributed by atoms with Gasteiger partial charge >= 0.3 is 0 Å². The van der Waals surface area contributed by atoms with Crippen LogP contribution in [0.25, 0.3) is 22.2 Å². The van der Waals surface area contributed by atoms with Crippen molar-refractivity contribution in [3.8, 4) is 17.0 Å². The second kappa shape index (κ2) is 9.33. The Morgan fingerprint density at radius 3 is 2.63 bits per heavy atom. The van der Waals surface area contributed by atoms with Gasteiger partial charge in [0.2, 0.25) is 5.91 Å². The number of hydrogen-bond acceptors (Lipinski definition) is 6. The fourth-order valence-electron chi connectivity index (χ4n) is 4.71. The number of carbonyl (C=O) groups excluding carboxylic acids is 2. The third kappa shape index (κ3) is 4.43. The van der Waals surface area contributed by atoms with E-state index in [1.165, 1.54) is 12.1 Å².